The van der Waals surface area contributed by atoms with Gasteiger partial charge in [0.2, 0.25) is 0 Å². The van der Waals surface area contributed by atoms with Gasteiger partial charge in [0.1, 0.15) is 0 Å². The molecule has 0 aliphatic carbocycles. The molecule has 4 rings (SSSR count). The third-order valence-corrected chi connectivity index (χ3v) is 4.84. The third kappa shape index (κ3) is 2.99. The van der Waals surface area contributed by atoms with Crippen molar-refractivity contribution < 1.29 is 0 Å². The zero-order chi connectivity index (χ0) is 17.2. The predicted octanol–water partition coefficient (Wildman–Crippen LogP) is 6.77. The zero-order valence-electron chi connectivity index (χ0n) is 14.0. The van der Waals surface area contributed by atoms with E-state index in [9.17, 15) is 0 Å². The molecule has 0 saturated carbocycles. The normalized spacial score (nSPS) is 10.8. The fourth-order valence-corrected chi connectivity index (χ4v) is 3.28. The summed E-state index contributed by atoms with van der Waals surface area (Å²) in [5, 5.41) is 0.782. The molecule has 0 N–H and O–H groups in total. The summed E-state index contributed by atoms with van der Waals surface area (Å²) in [6.45, 7) is 2.03. The van der Waals surface area contributed by atoms with Crippen molar-refractivity contribution in [2.24, 2.45) is 0 Å². The van der Waals surface area contributed by atoms with Gasteiger partial charge in [0.05, 0.1) is 11.4 Å². The Morgan fingerprint density at radius 3 is 1.64 bits per heavy atom. The standard InChI is InChI=1S/C23H18ClN/c1-17-12-13-20(16-21(17)24)25-22(18-8-4-2-5-9-18)14-15-23(25)19-10-6-3-7-11-19/h2-16H,1H3. The highest BCUT2D eigenvalue weighted by atomic mass is 35.5. The molecule has 0 amide bonds. The summed E-state index contributed by atoms with van der Waals surface area (Å²) in [4.78, 5) is 0. The van der Waals surface area contributed by atoms with Gasteiger partial charge in [0.25, 0.3) is 0 Å². The summed E-state index contributed by atoms with van der Waals surface area (Å²) >= 11 is 6.41. The van der Waals surface area contributed by atoms with Crippen LogP contribution in [0.1, 0.15) is 5.56 Å². The highest BCUT2D eigenvalue weighted by Crippen LogP contribution is 2.33. The molecule has 1 aromatic heterocycles. The SMILES string of the molecule is Cc1ccc(-n2c(-c3ccccc3)ccc2-c2ccccc2)cc1Cl. The lowest BCUT2D eigenvalue weighted by atomic mass is 10.1. The Balaban J connectivity index is 1.98. The van der Waals surface area contributed by atoms with Crippen molar-refractivity contribution in [1.29, 1.82) is 0 Å². The number of halogens is 1. The zero-order valence-corrected chi connectivity index (χ0v) is 14.7. The number of aromatic nitrogens is 1. The Morgan fingerprint density at radius 2 is 1.16 bits per heavy atom. The molecular weight excluding hydrogens is 326 g/mol. The monoisotopic (exact) mass is 343 g/mol. The van der Waals surface area contributed by atoms with Gasteiger partial charge in [-0.15, -0.1) is 0 Å². The highest BCUT2D eigenvalue weighted by molar-refractivity contribution is 6.31. The van der Waals surface area contributed by atoms with Gasteiger partial charge in [0.15, 0.2) is 0 Å². The van der Waals surface area contributed by atoms with Crippen LogP contribution in [0.2, 0.25) is 5.02 Å². The van der Waals surface area contributed by atoms with E-state index in [2.05, 4.69) is 77.4 Å². The maximum atomic E-state index is 6.41. The van der Waals surface area contributed by atoms with Crippen LogP contribution in [0.25, 0.3) is 28.2 Å². The molecule has 0 unspecified atom stereocenters. The quantitative estimate of drug-likeness (QED) is 0.386. The second kappa shape index (κ2) is 6.62. The van der Waals surface area contributed by atoms with Gasteiger partial charge < -0.3 is 4.57 Å². The number of nitrogens with zero attached hydrogens (tertiary/aromatic N) is 1. The number of benzene rings is 3. The molecule has 0 aliphatic heterocycles. The Kier molecular flexibility index (Phi) is 4.17. The maximum absolute atomic E-state index is 6.41. The summed E-state index contributed by atoms with van der Waals surface area (Å²) < 4.78 is 2.27. The molecule has 1 nitrogen and oxygen atoms in total. The summed E-state index contributed by atoms with van der Waals surface area (Å²) in [5.74, 6) is 0. The molecule has 0 aliphatic rings. The average Bonchev–Trinajstić information content (AvgIpc) is 3.10. The molecule has 4 aromatic rings. The van der Waals surface area contributed by atoms with Crippen molar-refractivity contribution in [3.05, 3.63) is 102 Å². The minimum atomic E-state index is 0.782. The van der Waals surface area contributed by atoms with Crippen LogP contribution < -0.4 is 0 Å². The first-order valence-corrected chi connectivity index (χ1v) is 8.71. The lowest BCUT2D eigenvalue weighted by molar-refractivity contribution is 1.09. The fraction of sp³-hybridized carbons (Fsp3) is 0.0435. The van der Waals surface area contributed by atoms with E-state index in [1.807, 2.05) is 25.1 Å². The van der Waals surface area contributed by atoms with Crippen LogP contribution >= 0.6 is 11.6 Å². The minimum Gasteiger partial charge on any atom is -0.309 e. The van der Waals surface area contributed by atoms with Crippen LogP contribution in [0.15, 0.2) is 91.0 Å². The van der Waals surface area contributed by atoms with E-state index in [4.69, 9.17) is 11.6 Å². The van der Waals surface area contributed by atoms with Crippen LogP contribution in [0.5, 0.6) is 0 Å². The minimum absolute atomic E-state index is 0.782. The van der Waals surface area contributed by atoms with E-state index in [1.165, 1.54) is 11.1 Å². The number of rotatable bonds is 3. The maximum Gasteiger partial charge on any atom is 0.0535 e. The van der Waals surface area contributed by atoms with Gasteiger partial charge in [-0.3, -0.25) is 0 Å². The van der Waals surface area contributed by atoms with E-state index < -0.39 is 0 Å². The largest absolute Gasteiger partial charge is 0.309 e. The van der Waals surface area contributed by atoms with Gasteiger partial charge in [0, 0.05) is 10.7 Å². The molecule has 1 heterocycles. The first kappa shape index (κ1) is 15.7. The van der Waals surface area contributed by atoms with Crippen molar-refractivity contribution in [2.75, 3.05) is 0 Å². The van der Waals surface area contributed by atoms with Crippen LogP contribution in [0, 0.1) is 6.92 Å². The molecular formula is C23H18ClN. The molecule has 0 atom stereocenters. The van der Waals surface area contributed by atoms with E-state index >= 15 is 0 Å². The van der Waals surface area contributed by atoms with E-state index in [-0.39, 0.29) is 0 Å². The van der Waals surface area contributed by atoms with Gasteiger partial charge >= 0.3 is 0 Å². The lowest BCUT2D eigenvalue weighted by Crippen LogP contribution is -1.99. The van der Waals surface area contributed by atoms with Crippen LogP contribution in [0.4, 0.5) is 0 Å². The predicted molar refractivity (Wildman–Crippen MR) is 106 cm³/mol. The van der Waals surface area contributed by atoms with Crippen LogP contribution in [0.3, 0.4) is 0 Å². The topological polar surface area (TPSA) is 4.93 Å². The smallest absolute Gasteiger partial charge is 0.0535 e. The van der Waals surface area contributed by atoms with E-state index in [0.717, 1.165) is 27.7 Å². The molecule has 0 fully saturated rings. The highest BCUT2D eigenvalue weighted by Gasteiger charge is 2.14. The molecule has 0 saturated heterocycles. The summed E-state index contributed by atoms with van der Waals surface area (Å²) in [6, 6.07) is 31.5. The van der Waals surface area contributed by atoms with E-state index in [0.29, 0.717) is 0 Å². The molecule has 0 spiro atoms. The van der Waals surface area contributed by atoms with Crippen molar-refractivity contribution in [1.82, 2.24) is 4.57 Å². The van der Waals surface area contributed by atoms with Gasteiger partial charge in [-0.05, 0) is 47.9 Å². The molecule has 3 aromatic carbocycles. The second-order valence-electron chi connectivity index (χ2n) is 6.10. The van der Waals surface area contributed by atoms with Crippen LogP contribution in [-0.2, 0) is 0 Å². The molecule has 25 heavy (non-hydrogen) atoms. The summed E-state index contributed by atoms with van der Waals surface area (Å²) in [7, 11) is 0. The number of hydrogen-bond donors (Lipinski definition) is 0. The Morgan fingerprint density at radius 1 is 0.640 bits per heavy atom. The van der Waals surface area contributed by atoms with Gasteiger partial charge in [-0.1, -0.05) is 78.3 Å². The lowest BCUT2D eigenvalue weighted by Gasteiger charge is -2.15. The Bertz CT molecular complexity index is 944. The Labute approximate surface area is 153 Å². The first-order valence-electron chi connectivity index (χ1n) is 8.33. The third-order valence-electron chi connectivity index (χ3n) is 4.43. The molecule has 122 valence electrons. The van der Waals surface area contributed by atoms with Crippen LogP contribution in [-0.4, -0.2) is 4.57 Å². The van der Waals surface area contributed by atoms with Gasteiger partial charge in [-0.2, -0.15) is 0 Å². The molecule has 2 heteroatoms. The van der Waals surface area contributed by atoms with Crippen molar-refractivity contribution in [3.63, 3.8) is 0 Å². The van der Waals surface area contributed by atoms with Gasteiger partial charge in [-0.25, -0.2) is 0 Å². The van der Waals surface area contributed by atoms with E-state index in [1.54, 1.807) is 0 Å². The second-order valence-corrected chi connectivity index (χ2v) is 6.51. The molecule has 0 bridgehead atoms. The summed E-state index contributed by atoms with van der Waals surface area (Å²) in [6.07, 6.45) is 0. The number of hydrogen-bond acceptors (Lipinski definition) is 0. The Hall–Kier alpha value is -2.77. The first-order chi connectivity index (χ1) is 12.2. The molecule has 0 radical (unpaired) electrons. The summed E-state index contributed by atoms with van der Waals surface area (Å²) in [5.41, 5.74) is 6.82. The number of aryl methyl sites for hydroxylation is 1. The average molecular weight is 344 g/mol. The van der Waals surface area contributed by atoms with Crippen molar-refractivity contribution in [3.8, 4) is 28.2 Å². The van der Waals surface area contributed by atoms with Crippen molar-refractivity contribution >= 4 is 11.6 Å². The fourth-order valence-electron chi connectivity index (χ4n) is 3.10. The van der Waals surface area contributed by atoms with Crippen molar-refractivity contribution in [2.45, 2.75) is 6.92 Å².